The standard InChI is InChI=1S/C12H26N2S/c1-12(2,3)14-9-7-13(8-10-14)6-4-5-11-15/h15H,4-11H2,1-3H3. The Balaban J connectivity index is 2.18. The van der Waals surface area contributed by atoms with E-state index in [4.69, 9.17) is 0 Å². The highest BCUT2D eigenvalue weighted by molar-refractivity contribution is 7.80. The van der Waals surface area contributed by atoms with E-state index in [9.17, 15) is 0 Å². The van der Waals surface area contributed by atoms with Gasteiger partial charge in [0, 0.05) is 31.7 Å². The topological polar surface area (TPSA) is 6.48 Å². The van der Waals surface area contributed by atoms with Crippen molar-refractivity contribution in [1.82, 2.24) is 9.80 Å². The number of rotatable bonds is 4. The van der Waals surface area contributed by atoms with Crippen LogP contribution in [0.15, 0.2) is 0 Å². The molecule has 0 spiro atoms. The van der Waals surface area contributed by atoms with Crippen LogP contribution in [-0.2, 0) is 0 Å². The Bertz CT molecular complexity index is 169. The van der Waals surface area contributed by atoms with Crippen molar-refractivity contribution in [2.45, 2.75) is 39.2 Å². The molecule has 0 amide bonds. The molecule has 0 aromatic rings. The molecule has 0 aliphatic carbocycles. The SMILES string of the molecule is CC(C)(C)N1CCN(CCCCS)CC1. The summed E-state index contributed by atoms with van der Waals surface area (Å²) in [5.74, 6) is 1.03. The van der Waals surface area contributed by atoms with Crippen LogP contribution in [0.25, 0.3) is 0 Å². The number of hydrogen-bond donors (Lipinski definition) is 1. The Morgan fingerprint density at radius 2 is 1.60 bits per heavy atom. The van der Waals surface area contributed by atoms with Gasteiger partial charge in [-0.15, -0.1) is 0 Å². The molecule has 0 atom stereocenters. The van der Waals surface area contributed by atoms with Crippen LogP contribution in [0.3, 0.4) is 0 Å². The van der Waals surface area contributed by atoms with Gasteiger partial charge >= 0.3 is 0 Å². The first-order valence-corrected chi connectivity index (χ1v) is 6.75. The van der Waals surface area contributed by atoms with Crippen LogP contribution in [0.1, 0.15) is 33.6 Å². The summed E-state index contributed by atoms with van der Waals surface area (Å²) in [6, 6.07) is 0. The van der Waals surface area contributed by atoms with E-state index in [0.29, 0.717) is 5.54 Å². The molecule has 0 bridgehead atoms. The molecule has 1 heterocycles. The van der Waals surface area contributed by atoms with Crippen molar-refractivity contribution in [3.05, 3.63) is 0 Å². The van der Waals surface area contributed by atoms with Gasteiger partial charge in [0.25, 0.3) is 0 Å². The van der Waals surface area contributed by atoms with Crippen molar-refractivity contribution in [3.8, 4) is 0 Å². The minimum Gasteiger partial charge on any atom is -0.301 e. The summed E-state index contributed by atoms with van der Waals surface area (Å²) >= 11 is 4.24. The fraction of sp³-hybridized carbons (Fsp3) is 1.00. The minimum atomic E-state index is 0.344. The maximum absolute atomic E-state index is 4.24. The molecule has 2 nitrogen and oxygen atoms in total. The average Bonchev–Trinajstić information content (AvgIpc) is 2.18. The second kappa shape index (κ2) is 6.12. The van der Waals surface area contributed by atoms with Crippen molar-refractivity contribution in [3.63, 3.8) is 0 Å². The lowest BCUT2D eigenvalue weighted by molar-refractivity contribution is 0.0618. The van der Waals surface area contributed by atoms with Gasteiger partial charge in [-0.3, -0.25) is 4.90 Å². The van der Waals surface area contributed by atoms with Gasteiger partial charge in [0.15, 0.2) is 0 Å². The molecular weight excluding hydrogens is 204 g/mol. The fourth-order valence-corrected chi connectivity index (χ4v) is 2.31. The lowest BCUT2D eigenvalue weighted by atomic mass is 10.0. The van der Waals surface area contributed by atoms with Crippen molar-refractivity contribution in [2.24, 2.45) is 0 Å². The van der Waals surface area contributed by atoms with E-state index in [-0.39, 0.29) is 0 Å². The molecule has 0 N–H and O–H groups in total. The Kier molecular flexibility index (Phi) is 5.44. The zero-order valence-corrected chi connectivity index (χ0v) is 11.4. The van der Waals surface area contributed by atoms with Gasteiger partial charge in [0.1, 0.15) is 0 Å². The van der Waals surface area contributed by atoms with Crippen molar-refractivity contribution in [2.75, 3.05) is 38.5 Å². The zero-order valence-electron chi connectivity index (χ0n) is 10.5. The van der Waals surface area contributed by atoms with Gasteiger partial charge in [0.05, 0.1) is 0 Å². The number of piperazine rings is 1. The lowest BCUT2D eigenvalue weighted by Gasteiger charge is -2.42. The van der Waals surface area contributed by atoms with Crippen LogP contribution >= 0.6 is 12.6 Å². The smallest absolute Gasteiger partial charge is 0.0126 e. The molecule has 1 aliphatic heterocycles. The Morgan fingerprint density at radius 3 is 2.07 bits per heavy atom. The molecule has 0 saturated carbocycles. The van der Waals surface area contributed by atoms with Crippen LogP contribution < -0.4 is 0 Å². The Morgan fingerprint density at radius 1 is 1.00 bits per heavy atom. The largest absolute Gasteiger partial charge is 0.301 e. The third-order valence-electron chi connectivity index (χ3n) is 3.20. The van der Waals surface area contributed by atoms with Gasteiger partial charge in [-0.1, -0.05) is 0 Å². The van der Waals surface area contributed by atoms with Gasteiger partial charge in [0.2, 0.25) is 0 Å². The number of hydrogen-bond acceptors (Lipinski definition) is 3. The van der Waals surface area contributed by atoms with E-state index < -0.39 is 0 Å². The average molecular weight is 230 g/mol. The molecule has 90 valence electrons. The number of nitrogens with zero attached hydrogens (tertiary/aromatic N) is 2. The second-order valence-electron chi connectivity index (χ2n) is 5.43. The lowest BCUT2D eigenvalue weighted by Crippen LogP contribution is -2.53. The molecule has 0 aromatic carbocycles. The van der Waals surface area contributed by atoms with Crippen LogP contribution in [-0.4, -0.2) is 53.8 Å². The second-order valence-corrected chi connectivity index (χ2v) is 5.88. The van der Waals surface area contributed by atoms with Gasteiger partial charge in [-0.25, -0.2) is 0 Å². The Labute approximate surface area is 100 Å². The summed E-state index contributed by atoms with van der Waals surface area (Å²) in [6.45, 7) is 13.1. The third-order valence-corrected chi connectivity index (χ3v) is 3.52. The van der Waals surface area contributed by atoms with E-state index in [1.807, 2.05) is 0 Å². The highest BCUT2D eigenvalue weighted by Gasteiger charge is 2.25. The fourth-order valence-electron chi connectivity index (χ4n) is 2.09. The maximum atomic E-state index is 4.24. The quantitative estimate of drug-likeness (QED) is 0.584. The minimum absolute atomic E-state index is 0.344. The maximum Gasteiger partial charge on any atom is 0.0126 e. The normalized spacial score (nSPS) is 20.8. The highest BCUT2D eigenvalue weighted by Crippen LogP contribution is 2.15. The molecule has 1 aliphatic rings. The first-order valence-electron chi connectivity index (χ1n) is 6.12. The predicted octanol–water partition coefficient (Wildman–Crippen LogP) is 2.11. The number of unbranched alkanes of at least 4 members (excludes halogenated alkanes) is 1. The summed E-state index contributed by atoms with van der Waals surface area (Å²) in [6.07, 6.45) is 2.56. The molecule has 1 fully saturated rings. The van der Waals surface area contributed by atoms with E-state index in [1.54, 1.807) is 0 Å². The van der Waals surface area contributed by atoms with Crippen LogP contribution in [0, 0.1) is 0 Å². The molecule has 0 radical (unpaired) electrons. The van der Waals surface area contributed by atoms with Crippen LogP contribution in [0.2, 0.25) is 0 Å². The Hall–Kier alpha value is 0.270. The highest BCUT2D eigenvalue weighted by atomic mass is 32.1. The third kappa shape index (κ3) is 4.75. The molecule has 0 unspecified atom stereocenters. The van der Waals surface area contributed by atoms with E-state index >= 15 is 0 Å². The first kappa shape index (κ1) is 13.3. The molecule has 1 saturated heterocycles. The molecule has 0 aromatic heterocycles. The first-order chi connectivity index (χ1) is 7.04. The summed E-state index contributed by atoms with van der Waals surface area (Å²) < 4.78 is 0. The van der Waals surface area contributed by atoms with Crippen molar-refractivity contribution in [1.29, 1.82) is 0 Å². The number of thiol groups is 1. The summed E-state index contributed by atoms with van der Waals surface area (Å²) in [5.41, 5.74) is 0.344. The summed E-state index contributed by atoms with van der Waals surface area (Å²) in [5, 5.41) is 0. The molecule has 1 rings (SSSR count). The van der Waals surface area contributed by atoms with E-state index in [1.165, 1.54) is 45.6 Å². The molecular formula is C12H26N2S. The van der Waals surface area contributed by atoms with Gasteiger partial charge in [-0.2, -0.15) is 12.6 Å². The van der Waals surface area contributed by atoms with Crippen molar-refractivity contribution >= 4 is 12.6 Å². The summed E-state index contributed by atoms with van der Waals surface area (Å²) in [7, 11) is 0. The van der Waals surface area contributed by atoms with Gasteiger partial charge in [-0.05, 0) is 45.9 Å². The van der Waals surface area contributed by atoms with E-state index in [2.05, 4.69) is 43.2 Å². The van der Waals surface area contributed by atoms with Gasteiger partial charge < -0.3 is 4.90 Å². The molecule has 15 heavy (non-hydrogen) atoms. The van der Waals surface area contributed by atoms with Crippen LogP contribution in [0.4, 0.5) is 0 Å². The van der Waals surface area contributed by atoms with Crippen molar-refractivity contribution < 1.29 is 0 Å². The van der Waals surface area contributed by atoms with E-state index in [0.717, 1.165) is 5.75 Å². The summed E-state index contributed by atoms with van der Waals surface area (Å²) in [4.78, 5) is 5.17. The zero-order chi connectivity index (χ0) is 11.3. The van der Waals surface area contributed by atoms with Crippen LogP contribution in [0.5, 0.6) is 0 Å². The molecule has 3 heteroatoms. The monoisotopic (exact) mass is 230 g/mol. The predicted molar refractivity (Wildman–Crippen MR) is 70.9 cm³/mol.